The van der Waals surface area contributed by atoms with E-state index in [1.165, 1.54) is 18.5 Å². The Morgan fingerprint density at radius 2 is 2.10 bits per heavy atom. The van der Waals surface area contributed by atoms with Gasteiger partial charge in [0.05, 0.1) is 5.69 Å². The fourth-order valence-electron chi connectivity index (χ4n) is 2.28. The van der Waals surface area contributed by atoms with Gasteiger partial charge in [-0.2, -0.15) is 5.10 Å². The van der Waals surface area contributed by atoms with Crippen LogP contribution in [0.1, 0.15) is 5.56 Å². The van der Waals surface area contributed by atoms with Gasteiger partial charge in [-0.05, 0) is 36.6 Å². The second-order valence-electron chi connectivity index (χ2n) is 4.45. The molecule has 0 saturated heterocycles. The lowest BCUT2D eigenvalue weighted by molar-refractivity contribution is 0.633. The van der Waals surface area contributed by atoms with Crippen molar-refractivity contribution in [3.63, 3.8) is 0 Å². The first-order valence-corrected chi connectivity index (χ1v) is 6.07. The van der Waals surface area contributed by atoms with Crippen LogP contribution in [0, 0.1) is 12.7 Å². The topological polar surface area (TPSA) is 82.2 Å². The predicted molar refractivity (Wildman–Crippen MR) is 76.3 cm³/mol. The Kier molecular flexibility index (Phi) is 2.78. The highest BCUT2D eigenvalue weighted by atomic mass is 19.1. The van der Waals surface area contributed by atoms with Crippen LogP contribution in [0.5, 0.6) is 0 Å². The first-order chi connectivity index (χ1) is 9.61. The number of anilines is 2. The quantitative estimate of drug-likeness (QED) is 0.698. The molecule has 1 radical (unpaired) electrons. The summed E-state index contributed by atoms with van der Waals surface area (Å²) in [5.41, 5.74) is 14.6. The molecule has 3 rings (SSSR count). The third-order valence-electron chi connectivity index (χ3n) is 3.24. The van der Waals surface area contributed by atoms with Gasteiger partial charge in [0.2, 0.25) is 0 Å². The Morgan fingerprint density at radius 3 is 2.80 bits per heavy atom. The first-order valence-electron chi connectivity index (χ1n) is 6.07. The number of halogens is 1. The zero-order chi connectivity index (χ0) is 14.3. The minimum Gasteiger partial charge on any atom is -0.396 e. The summed E-state index contributed by atoms with van der Waals surface area (Å²) in [6.45, 7) is 3.89. The van der Waals surface area contributed by atoms with Crippen LogP contribution in [-0.4, -0.2) is 14.6 Å². The normalized spacial score (nSPS) is 11.1. The molecule has 1 aromatic carbocycles. The van der Waals surface area contributed by atoms with E-state index in [0.717, 1.165) is 11.1 Å². The van der Waals surface area contributed by atoms with Gasteiger partial charge in [0.15, 0.2) is 5.82 Å². The maximum atomic E-state index is 13.7. The van der Waals surface area contributed by atoms with E-state index < -0.39 is 5.82 Å². The molecule has 0 aliphatic carbocycles. The lowest BCUT2D eigenvalue weighted by atomic mass is 10.0. The van der Waals surface area contributed by atoms with Crippen LogP contribution in [0.15, 0.2) is 30.7 Å². The highest BCUT2D eigenvalue weighted by molar-refractivity contribution is 5.90. The molecule has 5 nitrogen and oxygen atoms in total. The lowest BCUT2D eigenvalue weighted by Gasteiger charge is -2.06. The smallest absolute Gasteiger partial charge is 0.151 e. The van der Waals surface area contributed by atoms with Crippen molar-refractivity contribution in [3.05, 3.63) is 49.0 Å². The minimum atomic E-state index is -0.465. The molecule has 0 aliphatic heterocycles. The molecule has 101 valence electrons. The van der Waals surface area contributed by atoms with Gasteiger partial charge in [-0.15, -0.1) is 0 Å². The van der Waals surface area contributed by atoms with E-state index >= 15 is 0 Å². The Balaban J connectivity index is 2.36. The van der Waals surface area contributed by atoms with Crippen LogP contribution in [0.25, 0.3) is 16.6 Å². The molecule has 2 aromatic heterocycles. The fourth-order valence-corrected chi connectivity index (χ4v) is 2.28. The molecule has 3 aromatic rings. The van der Waals surface area contributed by atoms with Crippen molar-refractivity contribution in [2.75, 3.05) is 11.5 Å². The van der Waals surface area contributed by atoms with E-state index in [1.807, 2.05) is 6.20 Å². The average molecular weight is 270 g/mol. The van der Waals surface area contributed by atoms with E-state index in [0.29, 0.717) is 23.3 Å². The standard InChI is InChI=1S/C14H13FN5/c1-2-8-6-20-13(14(17)18-7-19-20)12(8)9-3-4-11(16)10(15)5-9/h3-7H,1-2,16H2,(H2,17,18,19). The van der Waals surface area contributed by atoms with E-state index in [9.17, 15) is 4.39 Å². The molecule has 0 unspecified atom stereocenters. The Morgan fingerprint density at radius 1 is 1.30 bits per heavy atom. The van der Waals surface area contributed by atoms with Crippen LogP contribution in [0.3, 0.4) is 0 Å². The Labute approximate surface area is 115 Å². The van der Waals surface area contributed by atoms with Gasteiger partial charge >= 0.3 is 0 Å². The maximum Gasteiger partial charge on any atom is 0.151 e. The number of nitrogen functional groups attached to an aromatic ring is 2. The van der Waals surface area contributed by atoms with Crippen LogP contribution >= 0.6 is 0 Å². The molecule has 0 saturated carbocycles. The van der Waals surface area contributed by atoms with Crippen molar-refractivity contribution < 1.29 is 4.39 Å². The third kappa shape index (κ3) is 1.77. The summed E-state index contributed by atoms with van der Waals surface area (Å²) in [6, 6.07) is 4.66. The highest BCUT2D eigenvalue weighted by Crippen LogP contribution is 2.33. The number of hydrogen-bond donors (Lipinski definition) is 2. The van der Waals surface area contributed by atoms with Gasteiger partial charge in [0, 0.05) is 11.8 Å². The van der Waals surface area contributed by atoms with Gasteiger partial charge in [0.1, 0.15) is 17.7 Å². The largest absolute Gasteiger partial charge is 0.396 e. The monoisotopic (exact) mass is 270 g/mol. The number of nitrogens with two attached hydrogens (primary N) is 2. The van der Waals surface area contributed by atoms with Crippen molar-refractivity contribution in [1.29, 1.82) is 0 Å². The fraction of sp³-hybridized carbons (Fsp3) is 0.0714. The summed E-state index contributed by atoms with van der Waals surface area (Å²) >= 11 is 0. The second-order valence-corrected chi connectivity index (χ2v) is 4.45. The van der Waals surface area contributed by atoms with Gasteiger partial charge in [-0.3, -0.25) is 0 Å². The molecule has 0 amide bonds. The molecule has 6 heteroatoms. The summed E-state index contributed by atoms with van der Waals surface area (Å²) in [5.74, 6) is -0.126. The molecule has 0 bridgehead atoms. The first kappa shape index (κ1) is 12.4. The summed E-state index contributed by atoms with van der Waals surface area (Å²) in [4.78, 5) is 3.99. The van der Waals surface area contributed by atoms with Crippen molar-refractivity contribution >= 4 is 17.0 Å². The summed E-state index contributed by atoms with van der Waals surface area (Å²) in [5, 5.41) is 4.12. The minimum absolute atomic E-state index is 0.109. The molecular weight excluding hydrogens is 257 g/mol. The van der Waals surface area contributed by atoms with Gasteiger partial charge in [-0.1, -0.05) is 6.07 Å². The number of fused-ring (bicyclic) bond motifs is 1. The van der Waals surface area contributed by atoms with E-state index in [1.54, 1.807) is 10.6 Å². The Bertz CT molecular complexity index is 794. The summed E-state index contributed by atoms with van der Waals surface area (Å²) < 4.78 is 15.3. The molecule has 0 spiro atoms. The predicted octanol–water partition coefficient (Wildman–Crippen LogP) is 2.08. The molecular formula is C14H13FN5. The summed E-state index contributed by atoms with van der Waals surface area (Å²) in [6.07, 6.45) is 3.73. The van der Waals surface area contributed by atoms with Crippen molar-refractivity contribution in [1.82, 2.24) is 14.6 Å². The number of rotatable bonds is 2. The van der Waals surface area contributed by atoms with Gasteiger partial charge in [0.25, 0.3) is 0 Å². The van der Waals surface area contributed by atoms with E-state index in [4.69, 9.17) is 11.5 Å². The van der Waals surface area contributed by atoms with Gasteiger partial charge < -0.3 is 11.5 Å². The number of benzene rings is 1. The zero-order valence-electron chi connectivity index (χ0n) is 10.7. The lowest BCUT2D eigenvalue weighted by Crippen LogP contribution is -1.98. The molecule has 0 fully saturated rings. The molecule has 20 heavy (non-hydrogen) atoms. The van der Waals surface area contributed by atoms with Crippen LogP contribution in [0.2, 0.25) is 0 Å². The number of aromatic nitrogens is 3. The number of hydrogen-bond acceptors (Lipinski definition) is 4. The van der Waals surface area contributed by atoms with Crippen molar-refractivity contribution in [3.8, 4) is 11.1 Å². The zero-order valence-corrected chi connectivity index (χ0v) is 10.7. The summed E-state index contributed by atoms with van der Waals surface area (Å²) in [7, 11) is 0. The molecule has 2 heterocycles. The van der Waals surface area contributed by atoms with E-state index in [-0.39, 0.29) is 5.69 Å². The van der Waals surface area contributed by atoms with Crippen LogP contribution < -0.4 is 11.5 Å². The number of nitrogens with zero attached hydrogens (tertiary/aromatic N) is 3. The van der Waals surface area contributed by atoms with E-state index in [2.05, 4.69) is 17.0 Å². The second kappa shape index (κ2) is 4.48. The SMILES string of the molecule is [CH2]Cc1cn2ncnc(N)c2c1-c1ccc(N)c(F)c1. The third-order valence-corrected chi connectivity index (χ3v) is 3.24. The van der Waals surface area contributed by atoms with Crippen LogP contribution in [-0.2, 0) is 6.42 Å². The van der Waals surface area contributed by atoms with Crippen LogP contribution in [0.4, 0.5) is 15.9 Å². The molecule has 0 atom stereocenters. The van der Waals surface area contributed by atoms with Crippen molar-refractivity contribution in [2.24, 2.45) is 0 Å². The van der Waals surface area contributed by atoms with Gasteiger partial charge in [-0.25, -0.2) is 13.9 Å². The highest BCUT2D eigenvalue weighted by Gasteiger charge is 2.16. The average Bonchev–Trinajstić information content (AvgIpc) is 2.82. The van der Waals surface area contributed by atoms with Crippen molar-refractivity contribution in [2.45, 2.75) is 6.42 Å². The Hall–Kier alpha value is -2.63. The molecule has 4 N–H and O–H groups in total. The maximum absolute atomic E-state index is 13.7. The molecule has 0 aliphatic rings.